The van der Waals surface area contributed by atoms with Gasteiger partial charge in [0.2, 0.25) is 0 Å². The van der Waals surface area contributed by atoms with E-state index >= 15 is 0 Å². The third-order valence-electron chi connectivity index (χ3n) is 4.08. The van der Waals surface area contributed by atoms with Crippen molar-refractivity contribution in [1.82, 2.24) is 20.3 Å². The maximum atomic E-state index is 11.9. The van der Waals surface area contributed by atoms with E-state index in [1.165, 1.54) is 17.7 Å². The molecule has 2 aromatic heterocycles. The number of hydrogen-bond donors (Lipinski definition) is 2. The van der Waals surface area contributed by atoms with Crippen LogP contribution in [-0.4, -0.2) is 27.4 Å². The summed E-state index contributed by atoms with van der Waals surface area (Å²) in [6, 6.07) is 2.16. The average molecular weight is 268 g/mol. The zero-order chi connectivity index (χ0) is 13.5. The molecule has 0 saturated carbocycles. The van der Waals surface area contributed by atoms with E-state index in [-0.39, 0.29) is 5.91 Å². The van der Waals surface area contributed by atoms with Gasteiger partial charge in [-0.3, -0.25) is 9.78 Å². The molecule has 0 unspecified atom stereocenters. The lowest BCUT2D eigenvalue weighted by Crippen LogP contribution is -2.23. The molecule has 0 fully saturated rings. The summed E-state index contributed by atoms with van der Waals surface area (Å²) >= 11 is 0. The third kappa shape index (κ3) is 1.81. The number of carbonyl (C=O) groups is 1. The molecule has 0 spiro atoms. The molecule has 0 saturated heterocycles. The van der Waals surface area contributed by atoms with Crippen molar-refractivity contribution < 1.29 is 4.79 Å². The van der Waals surface area contributed by atoms with Crippen LogP contribution in [0.2, 0.25) is 0 Å². The summed E-state index contributed by atoms with van der Waals surface area (Å²) in [4.78, 5) is 24.2. The molecule has 2 N–H and O–H groups in total. The van der Waals surface area contributed by atoms with Gasteiger partial charge in [0.15, 0.2) is 0 Å². The van der Waals surface area contributed by atoms with Gasteiger partial charge < -0.3 is 10.3 Å². The van der Waals surface area contributed by atoms with Gasteiger partial charge >= 0.3 is 0 Å². The Hall–Kier alpha value is -2.17. The van der Waals surface area contributed by atoms with Crippen molar-refractivity contribution in [2.75, 3.05) is 6.54 Å². The molecule has 2 aromatic rings. The van der Waals surface area contributed by atoms with Crippen LogP contribution in [0, 0.1) is 0 Å². The fraction of sp³-hybridized carbons (Fsp3) is 0.400. The number of hydrogen-bond acceptors (Lipinski definition) is 3. The summed E-state index contributed by atoms with van der Waals surface area (Å²) in [6.45, 7) is 0.721. The monoisotopic (exact) mass is 268 g/mol. The highest BCUT2D eigenvalue weighted by atomic mass is 16.1. The van der Waals surface area contributed by atoms with E-state index in [2.05, 4.69) is 26.3 Å². The first-order valence-corrected chi connectivity index (χ1v) is 7.16. The molecule has 1 aliphatic heterocycles. The molecule has 5 heteroatoms. The van der Waals surface area contributed by atoms with E-state index in [4.69, 9.17) is 0 Å². The Morgan fingerprint density at radius 2 is 2.10 bits per heavy atom. The molecular weight excluding hydrogens is 252 g/mol. The second kappa shape index (κ2) is 4.44. The van der Waals surface area contributed by atoms with Crippen LogP contribution in [0.4, 0.5) is 0 Å². The Morgan fingerprint density at radius 1 is 1.15 bits per heavy atom. The number of aromatic nitrogens is 3. The van der Waals surface area contributed by atoms with Gasteiger partial charge in [-0.05, 0) is 43.7 Å². The number of carbonyl (C=O) groups excluding carboxylic acids is 1. The highest BCUT2D eigenvalue weighted by Gasteiger charge is 2.21. The number of nitrogens with zero attached hydrogens (tertiary/aromatic N) is 2. The molecule has 0 bridgehead atoms. The molecule has 20 heavy (non-hydrogen) atoms. The van der Waals surface area contributed by atoms with Crippen LogP contribution < -0.4 is 5.32 Å². The maximum absolute atomic E-state index is 11.9. The van der Waals surface area contributed by atoms with Gasteiger partial charge in [0.05, 0.1) is 0 Å². The minimum Gasteiger partial charge on any atom is -0.351 e. The van der Waals surface area contributed by atoms with Crippen LogP contribution in [0.25, 0.3) is 11.4 Å². The predicted octanol–water partition coefficient (Wildman–Crippen LogP) is 1.64. The van der Waals surface area contributed by atoms with Gasteiger partial charge in [-0.2, -0.15) is 0 Å². The topological polar surface area (TPSA) is 70.7 Å². The Balaban J connectivity index is 1.76. The molecule has 3 heterocycles. The van der Waals surface area contributed by atoms with Gasteiger partial charge in [0.25, 0.3) is 5.91 Å². The van der Waals surface area contributed by atoms with E-state index < -0.39 is 0 Å². The molecule has 1 amide bonds. The van der Waals surface area contributed by atoms with Crippen molar-refractivity contribution in [2.45, 2.75) is 32.1 Å². The molecule has 102 valence electrons. The van der Waals surface area contributed by atoms with Crippen LogP contribution in [-0.2, 0) is 19.3 Å². The number of nitrogens with one attached hydrogen (secondary N) is 2. The molecule has 1 aliphatic carbocycles. The molecule has 4 rings (SSSR count). The van der Waals surface area contributed by atoms with Crippen LogP contribution >= 0.6 is 0 Å². The van der Waals surface area contributed by atoms with Crippen molar-refractivity contribution in [1.29, 1.82) is 0 Å². The summed E-state index contributed by atoms with van der Waals surface area (Å²) in [6.07, 6.45) is 7.02. The van der Waals surface area contributed by atoms with Crippen LogP contribution in [0.1, 0.15) is 40.3 Å². The molecule has 0 aromatic carbocycles. The number of rotatable bonds is 1. The highest BCUT2D eigenvalue weighted by molar-refractivity contribution is 5.94. The first kappa shape index (κ1) is 11.6. The lowest BCUT2D eigenvalue weighted by Gasteiger charge is -2.02. The molecule has 0 atom stereocenters. The normalized spacial score (nSPS) is 17.3. The van der Waals surface area contributed by atoms with Gasteiger partial charge in [-0.1, -0.05) is 0 Å². The standard InChI is InChI=1S/C15H16N4O/c20-15-13-12(5-2-6-16-15)18-14(19-13)10-7-9-3-1-4-11(9)17-8-10/h7-8H,1-6H2,(H,16,20)(H,18,19). The van der Waals surface area contributed by atoms with Crippen molar-refractivity contribution >= 4 is 5.91 Å². The molecule has 0 radical (unpaired) electrons. The number of H-pyrrole nitrogens is 1. The highest BCUT2D eigenvalue weighted by Crippen LogP contribution is 2.26. The summed E-state index contributed by atoms with van der Waals surface area (Å²) in [5.74, 6) is 0.684. The summed E-state index contributed by atoms with van der Waals surface area (Å²) in [5, 5.41) is 2.87. The number of pyridine rings is 1. The van der Waals surface area contributed by atoms with Gasteiger partial charge in [0, 0.05) is 29.7 Å². The number of imidazole rings is 1. The number of amides is 1. The smallest absolute Gasteiger partial charge is 0.271 e. The SMILES string of the molecule is O=C1NCCCc2[nH]c(-c3cnc4c(c3)CCC4)nc21. The summed E-state index contributed by atoms with van der Waals surface area (Å²) < 4.78 is 0. The van der Waals surface area contributed by atoms with E-state index in [1.807, 2.05) is 6.20 Å². The number of aryl methyl sites for hydroxylation is 3. The van der Waals surface area contributed by atoms with Crippen molar-refractivity contribution in [2.24, 2.45) is 0 Å². The predicted molar refractivity (Wildman–Crippen MR) is 74.5 cm³/mol. The fourth-order valence-corrected chi connectivity index (χ4v) is 3.02. The first-order valence-electron chi connectivity index (χ1n) is 7.16. The third-order valence-corrected chi connectivity index (χ3v) is 4.08. The Bertz CT molecular complexity index is 689. The largest absolute Gasteiger partial charge is 0.351 e. The summed E-state index contributed by atoms with van der Waals surface area (Å²) in [5.41, 5.74) is 4.98. The second-order valence-electron chi connectivity index (χ2n) is 5.46. The van der Waals surface area contributed by atoms with Crippen LogP contribution in [0.3, 0.4) is 0 Å². The van der Waals surface area contributed by atoms with Crippen LogP contribution in [0.15, 0.2) is 12.3 Å². The Kier molecular flexibility index (Phi) is 2.58. The Morgan fingerprint density at radius 3 is 3.05 bits per heavy atom. The molecule has 5 nitrogen and oxygen atoms in total. The fourth-order valence-electron chi connectivity index (χ4n) is 3.02. The first-order chi connectivity index (χ1) is 9.81. The van der Waals surface area contributed by atoms with E-state index in [0.29, 0.717) is 5.69 Å². The maximum Gasteiger partial charge on any atom is 0.271 e. The van der Waals surface area contributed by atoms with E-state index in [9.17, 15) is 4.79 Å². The van der Waals surface area contributed by atoms with Gasteiger partial charge in [-0.25, -0.2) is 4.98 Å². The van der Waals surface area contributed by atoms with E-state index in [1.54, 1.807) is 0 Å². The van der Waals surface area contributed by atoms with Crippen molar-refractivity contribution in [3.05, 3.63) is 34.9 Å². The second-order valence-corrected chi connectivity index (χ2v) is 5.46. The molecular formula is C15H16N4O. The minimum absolute atomic E-state index is 0.0749. The zero-order valence-corrected chi connectivity index (χ0v) is 11.2. The molecule has 2 aliphatic rings. The number of fused-ring (bicyclic) bond motifs is 2. The van der Waals surface area contributed by atoms with Gasteiger partial charge in [-0.15, -0.1) is 0 Å². The lowest BCUT2D eigenvalue weighted by molar-refractivity contribution is 0.0951. The van der Waals surface area contributed by atoms with E-state index in [0.717, 1.165) is 49.3 Å². The average Bonchev–Trinajstić information content (AvgIpc) is 3.06. The number of aromatic amines is 1. The van der Waals surface area contributed by atoms with Crippen LogP contribution in [0.5, 0.6) is 0 Å². The van der Waals surface area contributed by atoms with Crippen molar-refractivity contribution in [3.8, 4) is 11.4 Å². The zero-order valence-electron chi connectivity index (χ0n) is 11.2. The Labute approximate surface area is 116 Å². The minimum atomic E-state index is -0.0749. The quantitative estimate of drug-likeness (QED) is 0.826. The summed E-state index contributed by atoms with van der Waals surface area (Å²) in [7, 11) is 0. The van der Waals surface area contributed by atoms with Crippen molar-refractivity contribution in [3.63, 3.8) is 0 Å². The van der Waals surface area contributed by atoms with Gasteiger partial charge in [0.1, 0.15) is 11.5 Å². The lowest BCUT2D eigenvalue weighted by atomic mass is 10.1.